The van der Waals surface area contributed by atoms with Crippen LogP contribution < -0.4 is 15.2 Å². The summed E-state index contributed by atoms with van der Waals surface area (Å²) in [5, 5.41) is 10.9. The van der Waals surface area contributed by atoms with Gasteiger partial charge in [-0.05, 0) is 31.4 Å². The van der Waals surface area contributed by atoms with Gasteiger partial charge in [-0.2, -0.15) is 19.7 Å². The number of nitrogens with one attached hydrogen (secondary N) is 1. The smallest absolute Gasteiger partial charge is 0.260 e. The molecule has 4 heterocycles. The molecule has 1 aliphatic carbocycles. The second kappa shape index (κ2) is 8.77. The van der Waals surface area contributed by atoms with Gasteiger partial charge in [0.05, 0.1) is 30.9 Å². The van der Waals surface area contributed by atoms with E-state index >= 15 is 0 Å². The summed E-state index contributed by atoms with van der Waals surface area (Å²) in [5.41, 5.74) is 11.7. The number of amidine groups is 1. The van der Waals surface area contributed by atoms with Crippen molar-refractivity contribution in [3.63, 3.8) is 0 Å². The van der Waals surface area contributed by atoms with Crippen LogP contribution in [0.3, 0.4) is 0 Å². The number of hydrogen-bond acceptors (Lipinski definition) is 11. The number of aromatic nitrogens is 3. The Morgan fingerprint density at radius 2 is 2.09 bits per heavy atom. The van der Waals surface area contributed by atoms with Gasteiger partial charge in [0.15, 0.2) is 10.9 Å². The normalized spacial score (nSPS) is 19.7. The standard InChI is InChI=1S/C21H25N9O3S2/c1-11-6-23-16(12(2)20(11)33-4)7-30-25-15-5-14(28-35(31,32)17-8-29(3)10-24-17)13-9-34-27-21(22)19(26-30)18(13)15/h6,8,10,14,28H,5,7,9H2,1-4H3,(H2,22,27). The Morgan fingerprint density at radius 3 is 2.80 bits per heavy atom. The highest BCUT2D eigenvalue weighted by atomic mass is 32.2. The van der Waals surface area contributed by atoms with E-state index in [2.05, 4.69) is 24.2 Å². The van der Waals surface area contributed by atoms with Gasteiger partial charge in [0, 0.05) is 48.3 Å². The Labute approximate surface area is 207 Å². The molecule has 0 radical (unpaired) electrons. The van der Waals surface area contributed by atoms with Gasteiger partial charge in [0.25, 0.3) is 10.0 Å². The van der Waals surface area contributed by atoms with Crippen LogP contribution >= 0.6 is 11.9 Å². The quantitative estimate of drug-likeness (QED) is 0.541. The maximum absolute atomic E-state index is 13.0. The highest BCUT2D eigenvalue weighted by Gasteiger charge is 2.40. The predicted octanol–water partition coefficient (Wildman–Crippen LogP) is 1.03. The molecule has 0 fully saturated rings. The largest absolute Gasteiger partial charge is 0.496 e. The van der Waals surface area contributed by atoms with Gasteiger partial charge in [-0.3, -0.25) is 4.98 Å². The maximum atomic E-state index is 13.0. The molecule has 5 rings (SSSR count). The fraction of sp³-hybridized carbons (Fsp3) is 0.381. The molecule has 0 spiro atoms. The van der Waals surface area contributed by atoms with Gasteiger partial charge >= 0.3 is 0 Å². The Hall–Kier alpha value is -3.23. The number of methoxy groups -OCH3 is 1. The minimum Gasteiger partial charge on any atom is -0.496 e. The van der Waals surface area contributed by atoms with E-state index in [1.807, 2.05) is 13.8 Å². The second-order valence-corrected chi connectivity index (χ2v) is 10.9. The molecule has 184 valence electrons. The Balaban J connectivity index is 1.48. The van der Waals surface area contributed by atoms with E-state index < -0.39 is 16.1 Å². The van der Waals surface area contributed by atoms with Crippen molar-refractivity contribution >= 4 is 39.2 Å². The zero-order chi connectivity index (χ0) is 24.9. The predicted molar refractivity (Wildman–Crippen MR) is 134 cm³/mol. The molecule has 0 saturated carbocycles. The number of rotatable bonds is 6. The number of sulfonamides is 1. The average Bonchev–Trinajstić information content (AvgIpc) is 3.34. The maximum Gasteiger partial charge on any atom is 0.260 e. The molecule has 35 heavy (non-hydrogen) atoms. The van der Waals surface area contributed by atoms with Crippen LogP contribution in [0.5, 0.6) is 5.75 Å². The SMILES string of the molecule is COc1c(C)cnc(CN2N=C3CC(NS(=O)(=O)c4cn(C)cn4)C4=C3C(=N2)C(N)=NSC4)c1C. The van der Waals surface area contributed by atoms with Gasteiger partial charge in [0.2, 0.25) is 0 Å². The molecule has 2 aliphatic heterocycles. The molecular weight excluding hydrogens is 490 g/mol. The van der Waals surface area contributed by atoms with Gasteiger partial charge in [0.1, 0.15) is 18.0 Å². The summed E-state index contributed by atoms with van der Waals surface area (Å²) in [6.07, 6.45) is 5.03. The summed E-state index contributed by atoms with van der Waals surface area (Å²) < 4.78 is 40.2. The number of pyridine rings is 1. The molecule has 12 nitrogen and oxygen atoms in total. The van der Waals surface area contributed by atoms with E-state index in [0.717, 1.165) is 33.7 Å². The number of hydrogen-bond donors (Lipinski definition) is 2. The Morgan fingerprint density at radius 1 is 1.29 bits per heavy atom. The molecule has 1 atom stereocenters. The number of nitrogens with zero attached hydrogens (tertiary/aromatic N) is 7. The Bertz CT molecular complexity index is 1440. The molecular formula is C21H25N9O3S2. The van der Waals surface area contributed by atoms with Crippen molar-refractivity contribution in [1.82, 2.24) is 24.4 Å². The lowest BCUT2D eigenvalue weighted by molar-refractivity contribution is 0.288. The summed E-state index contributed by atoms with van der Waals surface area (Å²) in [4.78, 5) is 8.53. The van der Waals surface area contributed by atoms with Gasteiger partial charge < -0.3 is 15.0 Å². The summed E-state index contributed by atoms with van der Waals surface area (Å²) >= 11 is 1.26. The molecule has 0 bridgehead atoms. The zero-order valence-electron chi connectivity index (χ0n) is 19.7. The number of hydrazone groups is 2. The molecule has 0 aromatic carbocycles. The minimum absolute atomic E-state index is 0.0372. The van der Waals surface area contributed by atoms with Crippen LogP contribution in [0.2, 0.25) is 0 Å². The molecule has 1 unspecified atom stereocenters. The van der Waals surface area contributed by atoms with Crippen molar-refractivity contribution in [3.8, 4) is 5.75 Å². The topological polar surface area (TPSA) is 152 Å². The van der Waals surface area contributed by atoms with Crippen LogP contribution in [0.4, 0.5) is 0 Å². The van der Waals surface area contributed by atoms with Crippen LogP contribution in [-0.4, -0.2) is 64.2 Å². The zero-order valence-corrected chi connectivity index (χ0v) is 21.3. The number of nitrogens with two attached hydrogens (primary N) is 1. The van der Waals surface area contributed by atoms with E-state index in [4.69, 9.17) is 15.6 Å². The first kappa shape index (κ1) is 23.5. The lowest BCUT2D eigenvalue weighted by Gasteiger charge is -2.23. The molecule has 2 aromatic heterocycles. The summed E-state index contributed by atoms with van der Waals surface area (Å²) in [5.74, 6) is 1.52. The van der Waals surface area contributed by atoms with E-state index in [1.165, 1.54) is 29.6 Å². The van der Waals surface area contributed by atoms with Crippen LogP contribution in [0.1, 0.15) is 23.2 Å². The molecule has 2 aromatic rings. The van der Waals surface area contributed by atoms with E-state index in [-0.39, 0.29) is 10.9 Å². The highest BCUT2D eigenvalue weighted by molar-refractivity contribution is 7.98. The van der Waals surface area contributed by atoms with Gasteiger partial charge in [-0.15, -0.1) is 0 Å². The second-order valence-electron chi connectivity index (χ2n) is 8.48. The molecule has 3 N–H and O–H groups in total. The number of aryl methyl sites for hydroxylation is 2. The van der Waals surface area contributed by atoms with Crippen LogP contribution in [0.25, 0.3) is 0 Å². The molecule has 0 amide bonds. The van der Waals surface area contributed by atoms with Crippen molar-refractivity contribution in [2.24, 2.45) is 27.4 Å². The van der Waals surface area contributed by atoms with Gasteiger partial charge in [-0.25, -0.2) is 18.1 Å². The van der Waals surface area contributed by atoms with E-state index in [9.17, 15) is 8.42 Å². The summed E-state index contributed by atoms with van der Waals surface area (Å²) in [6, 6.07) is -0.506. The minimum atomic E-state index is -3.83. The Kier molecular flexibility index (Phi) is 5.89. The first-order chi connectivity index (χ1) is 16.7. The van der Waals surface area contributed by atoms with Crippen LogP contribution in [0.15, 0.2) is 49.5 Å². The first-order valence-electron chi connectivity index (χ1n) is 10.8. The van der Waals surface area contributed by atoms with E-state index in [0.29, 0.717) is 30.1 Å². The fourth-order valence-corrected chi connectivity index (χ4v) is 6.36. The first-order valence-corrected chi connectivity index (χ1v) is 13.2. The average molecular weight is 516 g/mol. The third kappa shape index (κ3) is 4.21. The van der Waals surface area contributed by atoms with Crippen LogP contribution in [0, 0.1) is 13.8 Å². The molecule has 0 saturated heterocycles. The monoisotopic (exact) mass is 515 g/mol. The third-order valence-electron chi connectivity index (χ3n) is 6.04. The van der Waals surface area contributed by atoms with E-state index in [1.54, 1.807) is 24.9 Å². The lowest BCUT2D eigenvalue weighted by atomic mass is 10.0. The van der Waals surface area contributed by atoms with Crippen molar-refractivity contribution < 1.29 is 13.2 Å². The van der Waals surface area contributed by atoms with Crippen molar-refractivity contribution in [2.45, 2.75) is 37.9 Å². The molecule has 3 aliphatic rings. The molecule has 14 heteroatoms. The third-order valence-corrected chi connectivity index (χ3v) is 8.16. The summed E-state index contributed by atoms with van der Waals surface area (Å²) in [6.45, 7) is 4.17. The van der Waals surface area contributed by atoms with Crippen LogP contribution in [-0.2, 0) is 23.6 Å². The van der Waals surface area contributed by atoms with Crippen molar-refractivity contribution in [1.29, 1.82) is 0 Å². The highest BCUT2D eigenvalue weighted by Crippen LogP contribution is 2.35. The van der Waals surface area contributed by atoms with Crippen molar-refractivity contribution in [3.05, 3.63) is 46.7 Å². The van der Waals surface area contributed by atoms with Gasteiger partial charge in [-0.1, -0.05) is 0 Å². The fourth-order valence-electron chi connectivity index (χ4n) is 4.37. The number of ether oxygens (including phenoxy) is 1. The summed E-state index contributed by atoms with van der Waals surface area (Å²) in [7, 11) is -0.487. The number of imidazole rings is 1. The van der Waals surface area contributed by atoms with Crippen molar-refractivity contribution in [2.75, 3.05) is 12.9 Å². The lowest BCUT2D eigenvalue weighted by Crippen LogP contribution is -2.36.